The van der Waals surface area contributed by atoms with Crippen molar-refractivity contribution in [1.29, 1.82) is 0 Å². The maximum atomic E-state index is 13.0. The predicted molar refractivity (Wildman–Crippen MR) is 109 cm³/mol. The Labute approximate surface area is 162 Å². The number of fused-ring (bicyclic) bond motifs is 3. The number of allylic oxidation sites excluding steroid dienone is 1. The number of aromatic nitrogens is 2. The Bertz CT molecular complexity index is 1030. The second-order valence-corrected chi connectivity index (χ2v) is 7.60. The molecule has 1 N–H and O–H groups in total. The number of carbonyl (C=O) groups excluding carboxylic acids is 1. The Kier molecular flexibility index (Phi) is 4.74. The Morgan fingerprint density at radius 2 is 2.11 bits per heavy atom. The first-order valence-corrected chi connectivity index (χ1v) is 10.2. The van der Waals surface area contributed by atoms with Gasteiger partial charge < -0.3 is 10.1 Å². The van der Waals surface area contributed by atoms with Gasteiger partial charge in [0.1, 0.15) is 6.04 Å². The van der Waals surface area contributed by atoms with E-state index in [1.165, 1.54) is 5.56 Å². The van der Waals surface area contributed by atoms with Gasteiger partial charge in [-0.15, -0.1) is 11.3 Å². The van der Waals surface area contributed by atoms with Gasteiger partial charge in [-0.25, -0.2) is 9.78 Å². The van der Waals surface area contributed by atoms with E-state index in [0.29, 0.717) is 12.2 Å². The minimum atomic E-state index is -0.255. The van der Waals surface area contributed by atoms with E-state index < -0.39 is 0 Å². The van der Waals surface area contributed by atoms with Crippen molar-refractivity contribution in [3.63, 3.8) is 0 Å². The van der Waals surface area contributed by atoms with Crippen molar-refractivity contribution in [3.05, 3.63) is 57.4 Å². The van der Waals surface area contributed by atoms with Crippen molar-refractivity contribution in [3.8, 4) is 0 Å². The van der Waals surface area contributed by atoms with Gasteiger partial charge in [0.15, 0.2) is 0 Å². The highest BCUT2D eigenvalue weighted by molar-refractivity contribution is 7.10. The molecule has 3 aromatic rings. The lowest BCUT2D eigenvalue weighted by molar-refractivity contribution is -0.139. The molecule has 2 aromatic heterocycles. The number of para-hydroxylation sites is 2. The molecule has 0 fully saturated rings. The number of rotatable bonds is 5. The summed E-state index contributed by atoms with van der Waals surface area (Å²) in [6, 6.07) is 9.92. The maximum absolute atomic E-state index is 13.0. The molecule has 0 spiro atoms. The second kappa shape index (κ2) is 7.19. The summed E-state index contributed by atoms with van der Waals surface area (Å²) in [6.07, 6.45) is 1.71. The quantitative estimate of drug-likeness (QED) is 0.629. The molecule has 0 unspecified atom stereocenters. The molecule has 0 aliphatic carbocycles. The Balaban J connectivity index is 2.00. The third-order valence-electron chi connectivity index (χ3n) is 4.86. The molecule has 140 valence electrons. The minimum absolute atomic E-state index is 0.228. The van der Waals surface area contributed by atoms with E-state index in [2.05, 4.69) is 41.2 Å². The van der Waals surface area contributed by atoms with E-state index in [1.807, 2.05) is 25.1 Å². The lowest BCUT2D eigenvalue weighted by atomic mass is 9.96. The molecule has 5 nitrogen and oxygen atoms in total. The highest BCUT2D eigenvalue weighted by atomic mass is 32.1. The zero-order chi connectivity index (χ0) is 19.0. The summed E-state index contributed by atoms with van der Waals surface area (Å²) in [5, 5.41) is 5.50. The Hall–Kier alpha value is -2.60. The highest BCUT2D eigenvalue weighted by Crippen LogP contribution is 2.43. The summed E-state index contributed by atoms with van der Waals surface area (Å²) in [5.41, 5.74) is 4.71. The monoisotopic (exact) mass is 381 g/mol. The van der Waals surface area contributed by atoms with Gasteiger partial charge in [-0.1, -0.05) is 25.5 Å². The average Bonchev–Trinajstić information content (AvgIpc) is 3.24. The molecule has 1 aliphatic heterocycles. The highest BCUT2D eigenvalue weighted by Gasteiger charge is 2.37. The van der Waals surface area contributed by atoms with Crippen LogP contribution in [0.5, 0.6) is 0 Å². The van der Waals surface area contributed by atoms with Gasteiger partial charge in [-0.3, -0.25) is 4.57 Å². The molecule has 0 bridgehead atoms. The number of esters is 1. The van der Waals surface area contributed by atoms with Gasteiger partial charge in [0.25, 0.3) is 0 Å². The van der Waals surface area contributed by atoms with Crippen LogP contribution < -0.4 is 5.32 Å². The number of hydrogen-bond donors (Lipinski definition) is 1. The topological polar surface area (TPSA) is 56.2 Å². The molecule has 6 heteroatoms. The molecule has 0 amide bonds. The number of carbonyl (C=O) groups is 1. The summed E-state index contributed by atoms with van der Waals surface area (Å²) in [6.45, 7) is 6.41. The smallest absolute Gasteiger partial charge is 0.338 e. The summed E-state index contributed by atoms with van der Waals surface area (Å²) in [5.74, 6) is 0.528. The van der Waals surface area contributed by atoms with Gasteiger partial charge in [0.05, 0.1) is 23.2 Å². The number of imidazole rings is 1. The minimum Gasteiger partial charge on any atom is -0.463 e. The molecule has 1 atom stereocenters. The number of anilines is 1. The molecule has 4 rings (SSSR count). The zero-order valence-electron chi connectivity index (χ0n) is 15.8. The van der Waals surface area contributed by atoms with E-state index in [4.69, 9.17) is 9.72 Å². The lowest BCUT2D eigenvalue weighted by Crippen LogP contribution is -2.29. The van der Waals surface area contributed by atoms with E-state index in [1.54, 1.807) is 11.3 Å². The normalized spacial score (nSPS) is 16.3. The maximum Gasteiger partial charge on any atom is 0.338 e. The van der Waals surface area contributed by atoms with Crippen LogP contribution in [0.3, 0.4) is 0 Å². The molecule has 0 saturated heterocycles. The molecule has 27 heavy (non-hydrogen) atoms. The third-order valence-corrected chi connectivity index (χ3v) is 5.93. The Morgan fingerprint density at radius 1 is 1.30 bits per heavy atom. The number of aryl methyl sites for hydroxylation is 1. The fourth-order valence-electron chi connectivity index (χ4n) is 3.69. The summed E-state index contributed by atoms with van der Waals surface area (Å²) in [4.78, 5) is 19.0. The van der Waals surface area contributed by atoms with Crippen molar-refractivity contribution in [2.75, 3.05) is 11.9 Å². The van der Waals surface area contributed by atoms with Crippen LogP contribution in [0, 0.1) is 6.92 Å². The van der Waals surface area contributed by atoms with Crippen molar-refractivity contribution in [2.45, 2.75) is 39.7 Å². The van der Waals surface area contributed by atoms with Crippen molar-refractivity contribution >= 4 is 34.3 Å². The van der Waals surface area contributed by atoms with E-state index in [9.17, 15) is 4.79 Å². The number of ether oxygens (including phenoxy) is 1. The van der Waals surface area contributed by atoms with Crippen LogP contribution >= 0.6 is 11.3 Å². The molecule has 1 aromatic carbocycles. The molecular formula is C21H23N3O2S. The summed E-state index contributed by atoms with van der Waals surface area (Å²) in [7, 11) is 0. The first-order chi connectivity index (χ1) is 13.2. The number of thiophene rings is 1. The van der Waals surface area contributed by atoms with Gasteiger partial charge in [0.2, 0.25) is 5.95 Å². The number of benzene rings is 1. The molecule has 3 heterocycles. The van der Waals surface area contributed by atoms with Crippen LogP contribution in [0.25, 0.3) is 11.0 Å². The van der Waals surface area contributed by atoms with Crippen LogP contribution in [0.15, 0.2) is 47.0 Å². The SMILES string of the molecule is CCCC1=C(C(=O)OCC)[C@@H](c2sccc2C)n2c(nc3ccccc32)N1. The van der Waals surface area contributed by atoms with Crippen LogP contribution in [-0.2, 0) is 9.53 Å². The fourth-order valence-corrected chi connectivity index (χ4v) is 4.72. The number of hydrogen-bond acceptors (Lipinski definition) is 5. The fraction of sp³-hybridized carbons (Fsp3) is 0.333. The standard InChI is InChI=1S/C21H23N3O2S/c1-4-8-15-17(20(25)26-5-2)18(19-13(3)11-12-27-19)24-16-10-7-6-9-14(16)22-21(24)23-15/h6-7,9-12,18H,4-5,8H2,1-3H3,(H,22,23)/t18-/m0/s1. The largest absolute Gasteiger partial charge is 0.463 e. The Morgan fingerprint density at radius 3 is 2.81 bits per heavy atom. The molecule has 0 radical (unpaired) electrons. The molecule has 0 saturated carbocycles. The van der Waals surface area contributed by atoms with Crippen molar-refractivity contribution < 1.29 is 9.53 Å². The van der Waals surface area contributed by atoms with Crippen molar-refractivity contribution in [2.24, 2.45) is 0 Å². The van der Waals surface area contributed by atoms with Gasteiger partial charge in [0, 0.05) is 10.6 Å². The zero-order valence-corrected chi connectivity index (χ0v) is 16.6. The van der Waals surface area contributed by atoms with Crippen molar-refractivity contribution in [1.82, 2.24) is 9.55 Å². The predicted octanol–water partition coefficient (Wildman–Crippen LogP) is 5.04. The average molecular weight is 382 g/mol. The third kappa shape index (κ3) is 2.94. The van der Waals surface area contributed by atoms with Gasteiger partial charge >= 0.3 is 5.97 Å². The lowest BCUT2D eigenvalue weighted by Gasteiger charge is -2.31. The van der Waals surface area contributed by atoms with E-state index in [-0.39, 0.29) is 12.0 Å². The van der Waals surface area contributed by atoms with E-state index >= 15 is 0 Å². The van der Waals surface area contributed by atoms with Crippen LogP contribution in [0.1, 0.15) is 43.2 Å². The van der Waals surface area contributed by atoms with Gasteiger partial charge in [-0.05, 0) is 49.4 Å². The van der Waals surface area contributed by atoms with Gasteiger partial charge in [-0.2, -0.15) is 0 Å². The first-order valence-electron chi connectivity index (χ1n) is 9.33. The van der Waals surface area contributed by atoms with Crippen LogP contribution in [0.4, 0.5) is 5.95 Å². The first kappa shape index (κ1) is 17.8. The van der Waals surface area contributed by atoms with E-state index in [0.717, 1.165) is 40.4 Å². The summed E-state index contributed by atoms with van der Waals surface area (Å²) >= 11 is 1.67. The number of nitrogens with zero attached hydrogens (tertiary/aromatic N) is 2. The molecule has 1 aliphatic rings. The van der Waals surface area contributed by atoms with Crippen LogP contribution in [0.2, 0.25) is 0 Å². The van der Waals surface area contributed by atoms with Crippen LogP contribution in [-0.4, -0.2) is 22.1 Å². The summed E-state index contributed by atoms with van der Waals surface area (Å²) < 4.78 is 7.60. The molecular weight excluding hydrogens is 358 g/mol. The number of nitrogens with one attached hydrogen (secondary N) is 1. The second-order valence-electron chi connectivity index (χ2n) is 6.65.